The van der Waals surface area contributed by atoms with E-state index in [1.54, 1.807) is 23.1 Å². The van der Waals surface area contributed by atoms with Crippen molar-refractivity contribution < 1.29 is 31.8 Å². The predicted molar refractivity (Wildman–Crippen MR) is 137 cm³/mol. The number of aryl methyl sites for hydroxylation is 1. The summed E-state index contributed by atoms with van der Waals surface area (Å²) in [5.41, 5.74) is 2.38. The number of hydrogen-bond acceptors (Lipinski definition) is 7. The molecule has 9 nitrogen and oxygen atoms in total. The molecule has 1 saturated heterocycles. The predicted octanol–water partition coefficient (Wildman–Crippen LogP) is 3.62. The van der Waals surface area contributed by atoms with Gasteiger partial charge in [0.2, 0.25) is 5.91 Å². The number of nitrogens with zero attached hydrogens (tertiary/aromatic N) is 3. The van der Waals surface area contributed by atoms with E-state index in [2.05, 4.69) is 10.1 Å². The zero-order valence-electron chi connectivity index (χ0n) is 21.1. The normalized spacial score (nSPS) is 14.8. The van der Waals surface area contributed by atoms with Gasteiger partial charge in [0, 0.05) is 43.4 Å². The third-order valence-electron chi connectivity index (χ3n) is 6.50. The van der Waals surface area contributed by atoms with Crippen molar-refractivity contribution in [1.82, 2.24) is 15.0 Å². The summed E-state index contributed by atoms with van der Waals surface area (Å²) in [5.74, 6) is 0.00804. The van der Waals surface area contributed by atoms with Crippen LogP contribution in [0.1, 0.15) is 43.4 Å². The maximum absolute atomic E-state index is 13.3. The second kappa shape index (κ2) is 13.1. The van der Waals surface area contributed by atoms with Gasteiger partial charge in [0.1, 0.15) is 5.82 Å². The molecule has 202 valence electrons. The molecule has 3 aromatic rings. The van der Waals surface area contributed by atoms with Gasteiger partial charge in [-0.15, -0.1) is 0 Å². The molecule has 2 aromatic carbocycles. The first-order chi connectivity index (χ1) is 17.6. The number of halogens is 1. The Morgan fingerprint density at radius 3 is 2.46 bits per heavy atom. The molecule has 4 rings (SSSR count). The first-order valence-corrected chi connectivity index (χ1v) is 13.8. The fourth-order valence-corrected chi connectivity index (χ4v) is 4.82. The van der Waals surface area contributed by atoms with E-state index in [4.69, 9.17) is 14.2 Å². The zero-order chi connectivity index (χ0) is 27.0. The Labute approximate surface area is 216 Å². The minimum Gasteiger partial charge on any atom is -0.396 e. The number of aliphatic hydroxyl groups is 1. The van der Waals surface area contributed by atoms with E-state index in [9.17, 15) is 17.6 Å². The Morgan fingerprint density at radius 1 is 1.19 bits per heavy atom. The van der Waals surface area contributed by atoms with E-state index < -0.39 is 10.1 Å². The molecule has 0 saturated carbocycles. The summed E-state index contributed by atoms with van der Waals surface area (Å²) in [6.45, 7) is 7.76. The van der Waals surface area contributed by atoms with Crippen molar-refractivity contribution in [3.05, 3.63) is 59.5 Å². The number of carbonyl (C=O) groups excluding carboxylic acids is 1. The van der Waals surface area contributed by atoms with Crippen LogP contribution in [-0.4, -0.2) is 78.3 Å². The maximum Gasteiger partial charge on any atom is 0.294 e. The number of likely N-dealkylation sites (tertiary alicyclic amines) is 1. The Balaban J connectivity index is 0.000000289. The minimum absolute atomic E-state index is 0.00573. The van der Waals surface area contributed by atoms with Crippen molar-refractivity contribution in [2.24, 2.45) is 0 Å². The van der Waals surface area contributed by atoms with Gasteiger partial charge >= 0.3 is 0 Å². The van der Waals surface area contributed by atoms with Gasteiger partial charge in [-0.3, -0.25) is 9.35 Å². The molecule has 0 aliphatic carbocycles. The summed E-state index contributed by atoms with van der Waals surface area (Å²) in [7, 11) is -4.02. The van der Waals surface area contributed by atoms with Crippen LogP contribution in [0.5, 0.6) is 0 Å². The van der Waals surface area contributed by atoms with Crippen LogP contribution in [0.4, 0.5) is 4.39 Å². The lowest BCUT2D eigenvalue weighted by molar-refractivity contribution is -0.131. The lowest BCUT2D eigenvalue weighted by Crippen LogP contribution is -2.41. The number of fused-ring (bicyclic) bond motifs is 1. The Morgan fingerprint density at radius 2 is 1.86 bits per heavy atom. The van der Waals surface area contributed by atoms with Gasteiger partial charge in [0.25, 0.3) is 10.1 Å². The van der Waals surface area contributed by atoms with Crippen molar-refractivity contribution in [3.63, 3.8) is 0 Å². The molecule has 2 heterocycles. The van der Waals surface area contributed by atoms with E-state index in [-0.39, 0.29) is 29.6 Å². The summed E-state index contributed by atoms with van der Waals surface area (Å²) in [6.07, 6.45) is 2.13. The largest absolute Gasteiger partial charge is 0.396 e. The van der Waals surface area contributed by atoms with Crippen LogP contribution in [-0.2, 0) is 14.9 Å². The number of aromatic nitrogens is 1. The molecule has 11 heteroatoms. The van der Waals surface area contributed by atoms with E-state index in [0.717, 1.165) is 49.1 Å². The molecule has 0 bridgehead atoms. The van der Waals surface area contributed by atoms with Crippen molar-refractivity contribution in [2.45, 2.75) is 43.9 Å². The highest BCUT2D eigenvalue weighted by molar-refractivity contribution is 7.85. The molecule has 1 aliphatic heterocycles. The lowest BCUT2D eigenvalue weighted by Gasteiger charge is -2.32. The van der Waals surface area contributed by atoms with Crippen molar-refractivity contribution in [1.29, 1.82) is 0 Å². The number of likely N-dealkylation sites (N-methyl/N-ethyl adjacent to an activating group) is 1. The van der Waals surface area contributed by atoms with E-state index in [1.165, 1.54) is 24.3 Å². The summed E-state index contributed by atoms with van der Waals surface area (Å²) in [5, 5.41) is 14.0. The third kappa shape index (κ3) is 8.06. The molecule has 2 N–H and O–H groups in total. The van der Waals surface area contributed by atoms with Crippen LogP contribution in [0, 0.1) is 12.7 Å². The first kappa shape index (κ1) is 28.7. The SMILES string of the molecule is CCN(CCN1CCC(c2noc3cc(F)ccc23)CC1)C(=O)CCO.Cc1ccc(S(=O)(=O)O)cc1. The fourth-order valence-electron chi connectivity index (χ4n) is 4.34. The average Bonchev–Trinajstić information content (AvgIpc) is 3.28. The molecule has 0 radical (unpaired) electrons. The number of piperidine rings is 1. The molecule has 1 fully saturated rings. The number of amides is 1. The highest BCUT2D eigenvalue weighted by Gasteiger charge is 2.25. The van der Waals surface area contributed by atoms with Crippen molar-refractivity contribution in [3.8, 4) is 0 Å². The number of hydrogen-bond donors (Lipinski definition) is 2. The second-order valence-corrected chi connectivity index (χ2v) is 10.5. The second-order valence-electron chi connectivity index (χ2n) is 9.06. The summed E-state index contributed by atoms with van der Waals surface area (Å²) >= 11 is 0. The molecular weight excluding hydrogens is 501 g/mol. The Kier molecular flexibility index (Phi) is 10.2. The van der Waals surface area contributed by atoms with Crippen LogP contribution in [0.2, 0.25) is 0 Å². The van der Waals surface area contributed by atoms with Gasteiger partial charge < -0.3 is 19.4 Å². The van der Waals surface area contributed by atoms with E-state index in [1.807, 2.05) is 13.8 Å². The smallest absolute Gasteiger partial charge is 0.294 e. The van der Waals surface area contributed by atoms with Crippen LogP contribution in [0.3, 0.4) is 0 Å². The fraction of sp³-hybridized carbons (Fsp3) is 0.462. The molecule has 0 unspecified atom stereocenters. The molecule has 0 spiro atoms. The number of carbonyl (C=O) groups is 1. The number of rotatable bonds is 8. The monoisotopic (exact) mass is 535 g/mol. The molecule has 37 heavy (non-hydrogen) atoms. The third-order valence-corrected chi connectivity index (χ3v) is 7.37. The van der Waals surface area contributed by atoms with Crippen LogP contribution < -0.4 is 0 Å². The molecule has 0 atom stereocenters. The molecular formula is C26H34FN3O6S. The summed E-state index contributed by atoms with van der Waals surface area (Å²) in [6, 6.07) is 10.6. The molecule has 1 aromatic heterocycles. The van der Waals surface area contributed by atoms with E-state index in [0.29, 0.717) is 24.6 Å². The van der Waals surface area contributed by atoms with Gasteiger partial charge in [-0.05, 0) is 64.0 Å². The minimum atomic E-state index is -4.02. The van der Waals surface area contributed by atoms with Gasteiger partial charge in [-0.1, -0.05) is 22.9 Å². The zero-order valence-corrected chi connectivity index (χ0v) is 22.0. The van der Waals surface area contributed by atoms with Gasteiger partial charge in [0.05, 0.1) is 17.2 Å². The number of benzene rings is 2. The van der Waals surface area contributed by atoms with Gasteiger partial charge in [-0.25, -0.2) is 4.39 Å². The summed E-state index contributed by atoms with van der Waals surface area (Å²) in [4.78, 5) is 16.0. The van der Waals surface area contributed by atoms with Crippen molar-refractivity contribution >= 4 is 27.0 Å². The van der Waals surface area contributed by atoms with Crippen LogP contribution in [0.15, 0.2) is 51.9 Å². The Bertz CT molecular complexity index is 1270. The topological polar surface area (TPSA) is 124 Å². The van der Waals surface area contributed by atoms with Gasteiger partial charge in [-0.2, -0.15) is 8.42 Å². The highest BCUT2D eigenvalue weighted by atomic mass is 32.2. The van der Waals surface area contributed by atoms with Crippen LogP contribution in [0.25, 0.3) is 11.0 Å². The first-order valence-electron chi connectivity index (χ1n) is 12.3. The molecule has 1 amide bonds. The summed E-state index contributed by atoms with van der Waals surface area (Å²) < 4.78 is 48.1. The Hall–Kier alpha value is -2.86. The van der Waals surface area contributed by atoms with E-state index >= 15 is 0 Å². The average molecular weight is 536 g/mol. The lowest BCUT2D eigenvalue weighted by atomic mass is 9.91. The highest BCUT2D eigenvalue weighted by Crippen LogP contribution is 2.32. The number of aliphatic hydroxyl groups excluding tert-OH is 1. The van der Waals surface area contributed by atoms with Crippen LogP contribution >= 0.6 is 0 Å². The van der Waals surface area contributed by atoms with Crippen molar-refractivity contribution in [2.75, 3.05) is 39.3 Å². The quantitative estimate of drug-likeness (QED) is 0.419. The standard InChI is InChI=1S/C19H26FN3O3.C7H8O3S/c1-2-23(18(25)7-12-24)11-10-22-8-5-14(6-9-22)19-16-4-3-15(20)13-17(16)26-21-19;1-6-2-4-7(5-3-6)11(8,9)10/h3-4,13-14,24H,2,5-12H2,1H3;2-5H,1H3,(H,8,9,10). The van der Waals surface area contributed by atoms with Gasteiger partial charge in [0.15, 0.2) is 5.58 Å². The molecule has 1 aliphatic rings. The maximum atomic E-state index is 13.3.